The molecule has 0 aromatic carbocycles. The third kappa shape index (κ3) is 2.23. The van der Waals surface area contributed by atoms with Gasteiger partial charge in [-0.05, 0) is 25.3 Å². The van der Waals surface area contributed by atoms with Crippen LogP contribution in [0.2, 0.25) is 0 Å². The normalized spacial score (nSPS) is 37.5. The summed E-state index contributed by atoms with van der Waals surface area (Å²) >= 11 is 0. The Hall–Kier alpha value is -1.95. The molecule has 0 bridgehead atoms. The second kappa shape index (κ2) is 5.53. The van der Waals surface area contributed by atoms with Crippen LogP contribution in [-0.4, -0.2) is 34.5 Å². The lowest BCUT2D eigenvalue weighted by Crippen LogP contribution is -2.65. The molecule has 0 amide bonds. The minimum Gasteiger partial charge on any atom is -0.456 e. The van der Waals surface area contributed by atoms with Crippen LogP contribution in [-0.2, 0) is 23.9 Å². The first-order valence-electron chi connectivity index (χ1n) is 8.66. The van der Waals surface area contributed by atoms with Gasteiger partial charge in [-0.1, -0.05) is 27.7 Å². The highest BCUT2D eigenvalue weighted by Crippen LogP contribution is 2.57. The van der Waals surface area contributed by atoms with Crippen molar-refractivity contribution in [3.8, 4) is 0 Å². The van der Waals surface area contributed by atoms with Crippen molar-refractivity contribution in [2.45, 2.75) is 59.2 Å². The SMILES string of the molecule is CC1=C2C(=C[C@]3(O)C(=O)CC[C@H](C)[C@@]3(C)[C@@H]2OC(=O)C(C)C)OC1=O. The molecule has 0 saturated heterocycles. The molecule has 3 aliphatic rings. The second-order valence-corrected chi connectivity index (χ2v) is 7.82. The van der Waals surface area contributed by atoms with Gasteiger partial charge >= 0.3 is 11.9 Å². The number of fused-ring (bicyclic) bond motifs is 2. The topological polar surface area (TPSA) is 89.9 Å². The first-order valence-corrected chi connectivity index (χ1v) is 8.66. The number of aliphatic hydroxyl groups is 1. The average Bonchev–Trinajstić information content (AvgIpc) is 2.81. The lowest BCUT2D eigenvalue weighted by molar-refractivity contribution is -0.190. The molecule has 1 aliphatic heterocycles. The van der Waals surface area contributed by atoms with Crippen molar-refractivity contribution < 1.29 is 29.0 Å². The summed E-state index contributed by atoms with van der Waals surface area (Å²) < 4.78 is 11.0. The van der Waals surface area contributed by atoms with E-state index in [2.05, 4.69) is 0 Å². The standard InChI is InChI=1S/C19H24O6/c1-9(2)16(21)25-15-14-11(4)17(22)24-12(14)8-19(23)13(20)7-6-10(3)18(15,19)5/h8-10,15,23H,6-7H2,1-5H3/t10-,15+,18-,19-/m0/s1. The van der Waals surface area contributed by atoms with Crippen LogP contribution in [0.4, 0.5) is 0 Å². The predicted molar refractivity (Wildman–Crippen MR) is 88.1 cm³/mol. The monoisotopic (exact) mass is 348 g/mol. The van der Waals surface area contributed by atoms with Crippen LogP contribution in [0.3, 0.4) is 0 Å². The Labute approximate surface area is 146 Å². The maximum atomic E-state index is 12.6. The fourth-order valence-electron chi connectivity index (χ4n) is 4.09. The van der Waals surface area contributed by atoms with Crippen LogP contribution < -0.4 is 0 Å². The van der Waals surface area contributed by atoms with Gasteiger partial charge in [0, 0.05) is 17.6 Å². The number of ether oxygens (including phenoxy) is 2. The summed E-state index contributed by atoms with van der Waals surface area (Å²) in [6.07, 6.45) is 1.23. The highest BCUT2D eigenvalue weighted by Gasteiger charge is 2.66. The number of hydrogen-bond acceptors (Lipinski definition) is 6. The van der Waals surface area contributed by atoms with Crippen molar-refractivity contribution in [2.24, 2.45) is 17.3 Å². The molecule has 6 heteroatoms. The van der Waals surface area contributed by atoms with Gasteiger partial charge in [-0.15, -0.1) is 0 Å². The van der Waals surface area contributed by atoms with Gasteiger partial charge in [0.25, 0.3) is 0 Å². The van der Waals surface area contributed by atoms with Crippen molar-refractivity contribution in [3.63, 3.8) is 0 Å². The van der Waals surface area contributed by atoms with Crippen LogP contribution in [0, 0.1) is 17.3 Å². The van der Waals surface area contributed by atoms with E-state index in [-0.39, 0.29) is 29.8 Å². The van der Waals surface area contributed by atoms with Crippen LogP contribution in [0.5, 0.6) is 0 Å². The lowest BCUT2D eigenvalue weighted by Gasteiger charge is -2.55. The van der Waals surface area contributed by atoms with Crippen LogP contribution >= 0.6 is 0 Å². The molecule has 25 heavy (non-hydrogen) atoms. The molecule has 1 fully saturated rings. The van der Waals surface area contributed by atoms with Crippen LogP contribution in [0.15, 0.2) is 23.0 Å². The van der Waals surface area contributed by atoms with E-state index in [9.17, 15) is 19.5 Å². The van der Waals surface area contributed by atoms with Gasteiger partial charge in [0.1, 0.15) is 11.9 Å². The van der Waals surface area contributed by atoms with Gasteiger partial charge in [0.2, 0.25) is 0 Å². The van der Waals surface area contributed by atoms with Gasteiger partial charge in [-0.25, -0.2) is 4.79 Å². The van der Waals surface area contributed by atoms with Gasteiger partial charge < -0.3 is 14.6 Å². The smallest absolute Gasteiger partial charge is 0.339 e. The molecule has 1 heterocycles. The molecule has 0 aromatic heterocycles. The first-order chi connectivity index (χ1) is 11.5. The van der Waals surface area contributed by atoms with E-state index in [0.29, 0.717) is 17.6 Å². The second-order valence-electron chi connectivity index (χ2n) is 7.82. The minimum atomic E-state index is -1.84. The number of esters is 2. The summed E-state index contributed by atoms with van der Waals surface area (Å²) in [6.45, 7) is 8.72. The molecule has 2 aliphatic carbocycles. The Kier molecular flexibility index (Phi) is 3.95. The van der Waals surface area contributed by atoms with Crippen molar-refractivity contribution in [3.05, 3.63) is 23.0 Å². The maximum absolute atomic E-state index is 12.6. The Morgan fingerprint density at radius 3 is 2.64 bits per heavy atom. The average molecular weight is 348 g/mol. The Balaban J connectivity index is 2.24. The summed E-state index contributed by atoms with van der Waals surface area (Å²) in [6, 6.07) is 0. The van der Waals surface area contributed by atoms with Crippen molar-refractivity contribution in [1.29, 1.82) is 0 Å². The molecule has 1 saturated carbocycles. The van der Waals surface area contributed by atoms with Gasteiger partial charge in [-0.3, -0.25) is 9.59 Å². The van der Waals surface area contributed by atoms with E-state index < -0.39 is 29.1 Å². The molecule has 0 unspecified atom stereocenters. The summed E-state index contributed by atoms with van der Waals surface area (Å²) in [5.74, 6) is -1.68. The largest absolute Gasteiger partial charge is 0.456 e. The first kappa shape index (κ1) is 17.9. The summed E-state index contributed by atoms with van der Waals surface area (Å²) in [7, 11) is 0. The number of Topliss-reactive ketones (excluding diaryl/α,β-unsaturated/α-hetero) is 1. The third-order valence-corrected chi connectivity index (χ3v) is 6.11. The number of rotatable bonds is 2. The van der Waals surface area contributed by atoms with E-state index in [1.807, 2.05) is 6.92 Å². The van der Waals surface area contributed by atoms with Crippen molar-refractivity contribution in [1.82, 2.24) is 0 Å². The van der Waals surface area contributed by atoms with E-state index in [1.165, 1.54) is 6.08 Å². The van der Waals surface area contributed by atoms with Crippen LogP contribution in [0.25, 0.3) is 0 Å². The molecule has 0 spiro atoms. The van der Waals surface area contributed by atoms with Crippen LogP contribution in [0.1, 0.15) is 47.5 Å². The van der Waals surface area contributed by atoms with Crippen molar-refractivity contribution in [2.75, 3.05) is 0 Å². The highest BCUT2D eigenvalue weighted by molar-refractivity contribution is 5.97. The zero-order valence-electron chi connectivity index (χ0n) is 15.2. The molecule has 0 radical (unpaired) electrons. The fraction of sp³-hybridized carbons (Fsp3) is 0.632. The predicted octanol–water partition coefficient (Wildman–Crippen LogP) is 2.06. The van der Waals surface area contributed by atoms with E-state index in [1.54, 1.807) is 27.7 Å². The third-order valence-electron chi connectivity index (χ3n) is 6.11. The van der Waals surface area contributed by atoms with Gasteiger partial charge in [0.15, 0.2) is 11.4 Å². The molecule has 4 atom stereocenters. The van der Waals surface area contributed by atoms with E-state index >= 15 is 0 Å². The molecule has 0 aromatic rings. The number of ketones is 1. The Morgan fingerprint density at radius 1 is 1.40 bits per heavy atom. The summed E-state index contributed by atoms with van der Waals surface area (Å²) in [4.78, 5) is 37.0. The van der Waals surface area contributed by atoms with Gasteiger partial charge in [0.05, 0.1) is 11.3 Å². The fourth-order valence-corrected chi connectivity index (χ4v) is 4.09. The molecular formula is C19H24O6. The zero-order valence-corrected chi connectivity index (χ0v) is 15.2. The molecule has 3 rings (SSSR count). The Morgan fingerprint density at radius 2 is 2.04 bits per heavy atom. The molecule has 1 N–H and O–H groups in total. The van der Waals surface area contributed by atoms with Gasteiger partial charge in [-0.2, -0.15) is 0 Å². The quantitative estimate of drug-likeness (QED) is 0.768. The number of carbonyl (C=O) groups is 3. The molecular weight excluding hydrogens is 324 g/mol. The minimum absolute atomic E-state index is 0.103. The highest BCUT2D eigenvalue weighted by atomic mass is 16.6. The summed E-state index contributed by atoms with van der Waals surface area (Å²) in [5, 5.41) is 11.3. The Bertz CT molecular complexity index is 730. The molecule has 6 nitrogen and oxygen atoms in total. The molecule has 136 valence electrons. The summed E-state index contributed by atoms with van der Waals surface area (Å²) in [5.41, 5.74) is -2.09. The lowest BCUT2D eigenvalue weighted by atomic mass is 9.52. The maximum Gasteiger partial charge on any atom is 0.339 e. The van der Waals surface area contributed by atoms with E-state index in [4.69, 9.17) is 9.47 Å². The zero-order chi connectivity index (χ0) is 18.7. The number of hydrogen-bond donors (Lipinski definition) is 1. The number of carbonyl (C=O) groups excluding carboxylic acids is 3. The van der Waals surface area contributed by atoms with E-state index in [0.717, 1.165) is 0 Å². The van der Waals surface area contributed by atoms with Crippen molar-refractivity contribution >= 4 is 17.7 Å².